The number of nitrogens with one attached hydrogen (secondary N) is 1. The smallest absolute Gasteiger partial charge is 0.253 e. The van der Waals surface area contributed by atoms with E-state index in [9.17, 15) is 4.79 Å². The number of nitrogens with zero attached hydrogens (tertiary/aromatic N) is 6. The van der Waals surface area contributed by atoms with Crippen LogP contribution in [0, 0.1) is 6.92 Å². The van der Waals surface area contributed by atoms with Gasteiger partial charge in [-0.25, -0.2) is 15.0 Å². The Hall–Kier alpha value is -3.52. The van der Waals surface area contributed by atoms with Gasteiger partial charge in [-0.2, -0.15) is 0 Å². The van der Waals surface area contributed by atoms with Gasteiger partial charge in [0.15, 0.2) is 0 Å². The van der Waals surface area contributed by atoms with E-state index in [-0.39, 0.29) is 5.91 Å². The van der Waals surface area contributed by atoms with Crippen LogP contribution in [0.15, 0.2) is 54.9 Å². The molecule has 1 aliphatic heterocycles. The van der Waals surface area contributed by atoms with Gasteiger partial charge >= 0.3 is 0 Å². The standard InChI is InChI=1S/C25H31N7O/c1-19-9-10-26-25(29-19)28-16-20-5-4-6-22(15-20)24(33)32-13-11-31(12-14-32)23-8-7-21(17-27-23)18-30(2)3/h4-10,15,17H,11-14,16,18H2,1-3H3,(H,26,28,29). The predicted molar refractivity (Wildman–Crippen MR) is 130 cm³/mol. The number of aromatic nitrogens is 3. The normalized spacial score (nSPS) is 13.9. The zero-order valence-corrected chi connectivity index (χ0v) is 19.5. The second-order valence-electron chi connectivity index (χ2n) is 8.62. The molecular formula is C25H31N7O. The average Bonchev–Trinajstić information content (AvgIpc) is 2.83. The fourth-order valence-electron chi connectivity index (χ4n) is 3.91. The number of hydrogen-bond donors (Lipinski definition) is 1. The molecule has 0 radical (unpaired) electrons. The van der Waals surface area contributed by atoms with Gasteiger partial charge in [-0.05, 0) is 56.4 Å². The Balaban J connectivity index is 1.32. The van der Waals surface area contributed by atoms with Crippen molar-refractivity contribution in [1.29, 1.82) is 0 Å². The summed E-state index contributed by atoms with van der Waals surface area (Å²) in [5, 5.41) is 3.22. The molecule has 0 bridgehead atoms. The highest BCUT2D eigenvalue weighted by molar-refractivity contribution is 5.94. The Bertz CT molecular complexity index is 1080. The van der Waals surface area contributed by atoms with Gasteiger partial charge in [-0.15, -0.1) is 0 Å². The molecule has 1 aliphatic rings. The highest BCUT2D eigenvalue weighted by Gasteiger charge is 2.23. The monoisotopic (exact) mass is 445 g/mol. The van der Waals surface area contributed by atoms with Gasteiger partial charge in [0.1, 0.15) is 5.82 Å². The van der Waals surface area contributed by atoms with Crippen molar-refractivity contribution < 1.29 is 4.79 Å². The first-order chi connectivity index (χ1) is 16.0. The fraction of sp³-hybridized carbons (Fsp3) is 0.360. The summed E-state index contributed by atoms with van der Waals surface area (Å²) in [6.07, 6.45) is 3.67. The fourth-order valence-corrected chi connectivity index (χ4v) is 3.91. The minimum atomic E-state index is 0.0672. The van der Waals surface area contributed by atoms with Crippen LogP contribution in [0.4, 0.5) is 11.8 Å². The molecule has 172 valence electrons. The van der Waals surface area contributed by atoms with Crippen LogP contribution < -0.4 is 10.2 Å². The summed E-state index contributed by atoms with van der Waals surface area (Å²) in [7, 11) is 4.10. The summed E-state index contributed by atoms with van der Waals surface area (Å²) >= 11 is 0. The molecule has 0 unspecified atom stereocenters. The molecule has 0 saturated carbocycles. The van der Waals surface area contributed by atoms with E-state index in [1.54, 1.807) is 6.20 Å². The first kappa shape index (κ1) is 22.7. The van der Waals surface area contributed by atoms with Crippen LogP contribution in [-0.2, 0) is 13.1 Å². The maximum Gasteiger partial charge on any atom is 0.253 e. The number of carbonyl (C=O) groups excluding carboxylic acids is 1. The van der Waals surface area contributed by atoms with Gasteiger partial charge in [0.25, 0.3) is 5.91 Å². The first-order valence-corrected chi connectivity index (χ1v) is 11.2. The molecule has 8 nitrogen and oxygen atoms in total. The summed E-state index contributed by atoms with van der Waals surface area (Å²) in [5.74, 6) is 1.62. The van der Waals surface area contributed by atoms with Gasteiger partial charge < -0.3 is 20.0 Å². The molecule has 3 aromatic rings. The highest BCUT2D eigenvalue weighted by Crippen LogP contribution is 2.17. The van der Waals surface area contributed by atoms with E-state index in [4.69, 9.17) is 0 Å². The van der Waals surface area contributed by atoms with E-state index >= 15 is 0 Å². The Morgan fingerprint density at radius 2 is 1.85 bits per heavy atom. The van der Waals surface area contributed by atoms with Gasteiger partial charge in [-0.1, -0.05) is 18.2 Å². The predicted octanol–water partition coefficient (Wildman–Crippen LogP) is 2.82. The second kappa shape index (κ2) is 10.4. The van der Waals surface area contributed by atoms with Crippen LogP contribution in [0.2, 0.25) is 0 Å². The Kier molecular flexibility index (Phi) is 7.14. The summed E-state index contributed by atoms with van der Waals surface area (Å²) in [6, 6.07) is 13.8. The SMILES string of the molecule is Cc1ccnc(NCc2cccc(C(=O)N3CCN(c4ccc(CN(C)C)cn4)CC3)c2)n1. The number of carbonyl (C=O) groups is 1. The van der Waals surface area contributed by atoms with Crippen LogP contribution in [0.3, 0.4) is 0 Å². The lowest BCUT2D eigenvalue weighted by Gasteiger charge is -2.35. The molecule has 0 aliphatic carbocycles. The molecule has 1 amide bonds. The van der Waals surface area contributed by atoms with Crippen molar-refractivity contribution in [3.05, 3.63) is 77.2 Å². The summed E-state index contributed by atoms with van der Waals surface area (Å²) < 4.78 is 0. The van der Waals surface area contributed by atoms with Crippen molar-refractivity contribution in [2.24, 2.45) is 0 Å². The lowest BCUT2D eigenvalue weighted by molar-refractivity contribution is 0.0746. The van der Waals surface area contributed by atoms with Gasteiger partial charge in [0.05, 0.1) is 0 Å². The molecule has 33 heavy (non-hydrogen) atoms. The summed E-state index contributed by atoms with van der Waals surface area (Å²) in [6.45, 7) is 6.28. The van der Waals surface area contributed by atoms with Gasteiger partial charge in [0.2, 0.25) is 5.95 Å². The number of anilines is 2. The molecule has 1 fully saturated rings. The van der Waals surface area contributed by atoms with E-state index < -0.39 is 0 Å². The van der Waals surface area contributed by atoms with E-state index in [1.807, 2.05) is 48.4 Å². The third kappa shape index (κ3) is 6.04. The molecule has 1 saturated heterocycles. The molecular weight excluding hydrogens is 414 g/mol. The van der Waals surface area contributed by atoms with Crippen LogP contribution in [0.25, 0.3) is 0 Å². The highest BCUT2D eigenvalue weighted by atomic mass is 16.2. The van der Waals surface area contributed by atoms with Crippen LogP contribution in [-0.4, -0.2) is 70.9 Å². The molecule has 0 atom stereocenters. The van der Waals surface area contributed by atoms with Crippen molar-refractivity contribution >= 4 is 17.7 Å². The Labute approximate surface area is 195 Å². The number of rotatable bonds is 7. The maximum atomic E-state index is 13.1. The van der Waals surface area contributed by atoms with E-state index in [0.29, 0.717) is 31.1 Å². The van der Waals surface area contributed by atoms with E-state index in [1.165, 1.54) is 5.56 Å². The van der Waals surface area contributed by atoms with Crippen molar-refractivity contribution in [3.63, 3.8) is 0 Å². The molecule has 0 spiro atoms. The molecule has 1 aromatic carbocycles. The largest absolute Gasteiger partial charge is 0.353 e. The zero-order chi connectivity index (χ0) is 23.2. The van der Waals surface area contributed by atoms with Gasteiger partial charge in [-0.3, -0.25) is 4.79 Å². The topological polar surface area (TPSA) is 77.5 Å². The molecule has 4 rings (SSSR count). The number of hydrogen-bond acceptors (Lipinski definition) is 7. The summed E-state index contributed by atoms with van der Waals surface area (Å²) in [4.78, 5) is 32.6. The average molecular weight is 446 g/mol. The number of pyridine rings is 1. The molecule has 2 aromatic heterocycles. The second-order valence-corrected chi connectivity index (χ2v) is 8.62. The van der Waals surface area contributed by atoms with Crippen molar-refractivity contribution in [3.8, 4) is 0 Å². The van der Waals surface area contributed by atoms with Crippen molar-refractivity contribution in [1.82, 2.24) is 24.8 Å². The Morgan fingerprint density at radius 3 is 2.55 bits per heavy atom. The third-order valence-corrected chi connectivity index (χ3v) is 5.62. The lowest BCUT2D eigenvalue weighted by atomic mass is 10.1. The molecule has 1 N–H and O–H groups in total. The number of aryl methyl sites for hydroxylation is 1. The zero-order valence-electron chi connectivity index (χ0n) is 19.5. The number of amides is 1. The minimum Gasteiger partial charge on any atom is -0.353 e. The first-order valence-electron chi connectivity index (χ1n) is 11.2. The van der Waals surface area contributed by atoms with E-state index in [2.05, 4.69) is 56.3 Å². The Morgan fingerprint density at radius 1 is 1.03 bits per heavy atom. The number of piperazine rings is 1. The lowest BCUT2D eigenvalue weighted by Crippen LogP contribution is -2.49. The molecule has 3 heterocycles. The van der Waals surface area contributed by atoms with Crippen molar-refractivity contribution in [2.45, 2.75) is 20.0 Å². The van der Waals surface area contributed by atoms with Crippen LogP contribution >= 0.6 is 0 Å². The maximum absolute atomic E-state index is 13.1. The third-order valence-electron chi connectivity index (χ3n) is 5.62. The molecule has 8 heteroatoms. The van der Waals surface area contributed by atoms with E-state index in [0.717, 1.165) is 36.7 Å². The van der Waals surface area contributed by atoms with Crippen LogP contribution in [0.5, 0.6) is 0 Å². The quantitative estimate of drug-likeness (QED) is 0.599. The summed E-state index contributed by atoms with van der Waals surface area (Å²) in [5.41, 5.74) is 3.84. The van der Waals surface area contributed by atoms with Gasteiger partial charge in [0, 0.05) is 62.9 Å². The minimum absolute atomic E-state index is 0.0672. The number of benzene rings is 1. The van der Waals surface area contributed by atoms with Crippen LogP contribution in [0.1, 0.15) is 27.2 Å². The van der Waals surface area contributed by atoms with Crippen molar-refractivity contribution in [2.75, 3.05) is 50.5 Å².